The van der Waals surface area contributed by atoms with Gasteiger partial charge < -0.3 is 19.5 Å². The van der Waals surface area contributed by atoms with Gasteiger partial charge in [-0.1, -0.05) is 19.1 Å². The largest absolute Gasteiger partial charge is 0.493 e. The first kappa shape index (κ1) is 17.5. The van der Waals surface area contributed by atoms with Crippen molar-refractivity contribution < 1.29 is 19.4 Å². The van der Waals surface area contributed by atoms with Gasteiger partial charge in [0.1, 0.15) is 11.3 Å². The third-order valence-electron chi connectivity index (χ3n) is 3.20. The van der Waals surface area contributed by atoms with Gasteiger partial charge in [0.25, 0.3) is 0 Å². The molecule has 0 saturated heterocycles. The van der Waals surface area contributed by atoms with Crippen molar-refractivity contribution in [1.82, 2.24) is 4.90 Å². The van der Waals surface area contributed by atoms with Crippen LogP contribution in [0, 0.1) is 0 Å². The van der Waals surface area contributed by atoms with Crippen molar-refractivity contribution in [3.63, 3.8) is 0 Å². The summed E-state index contributed by atoms with van der Waals surface area (Å²) in [5.41, 5.74) is 0.209. The third kappa shape index (κ3) is 6.60. The fourth-order valence-corrected chi connectivity index (χ4v) is 2.01. The Balaban J connectivity index is 2.31. The second-order valence-electron chi connectivity index (χ2n) is 4.63. The highest BCUT2D eigenvalue weighted by atomic mass is 16.5. The predicted molar refractivity (Wildman–Crippen MR) is 82.1 cm³/mol. The van der Waals surface area contributed by atoms with Gasteiger partial charge in [-0.05, 0) is 32.0 Å². The Labute approximate surface area is 126 Å². The molecule has 1 N–H and O–H groups in total. The monoisotopic (exact) mass is 295 g/mol. The van der Waals surface area contributed by atoms with E-state index in [1.54, 1.807) is 24.3 Å². The molecule has 0 unspecified atom stereocenters. The average Bonchev–Trinajstić information content (AvgIpc) is 2.50. The second kappa shape index (κ2) is 10.2. The first-order valence-electron chi connectivity index (χ1n) is 7.44. The lowest BCUT2D eigenvalue weighted by atomic mass is 10.2. The molecule has 118 valence electrons. The van der Waals surface area contributed by atoms with Crippen LogP contribution >= 0.6 is 0 Å². The number of nitrogens with zero attached hydrogens (tertiary/aromatic N) is 1. The Bertz CT molecular complexity index is 422. The van der Waals surface area contributed by atoms with E-state index in [1.807, 2.05) is 6.92 Å². The summed E-state index contributed by atoms with van der Waals surface area (Å²) >= 11 is 0. The number of hydrogen-bond donors (Lipinski definition) is 1. The van der Waals surface area contributed by atoms with Crippen LogP contribution in [0.5, 0.6) is 5.75 Å². The molecule has 0 bridgehead atoms. The van der Waals surface area contributed by atoms with Crippen molar-refractivity contribution in [2.75, 3.05) is 39.5 Å². The van der Waals surface area contributed by atoms with Crippen LogP contribution in [0.15, 0.2) is 24.3 Å². The summed E-state index contributed by atoms with van der Waals surface area (Å²) in [4.78, 5) is 13.3. The first-order valence-corrected chi connectivity index (χ1v) is 7.44. The van der Waals surface area contributed by atoms with Gasteiger partial charge in [-0.15, -0.1) is 0 Å². The minimum Gasteiger partial charge on any atom is -0.493 e. The third-order valence-corrected chi connectivity index (χ3v) is 3.20. The lowest BCUT2D eigenvalue weighted by Crippen LogP contribution is -2.29. The van der Waals surface area contributed by atoms with Crippen molar-refractivity contribution in [3.05, 3.63) is 29.8 Å². The Hall–Kier alpha value is -1.59. The van der Waals surface area contributed by atoms with Crippen LogP contribution in [0.4, 0.5) is 0 Å². The van der Waals surface area contributed by atoms with Gasteiger partial charge in [-0.25, -0.2) is 4.79 Å². The van der Waals surface area contributed by atoms with Gasteiger partial charge >= 0.3 is 5.97 Å². The Morgan fingerprint density at radius 1 is 1.19 bits per heavy atom. The number of para-hydroxylation sites is 1. The van der Waals surface area contributed by atoms with Gasteiger partial charge in [0, 0.05) is 19.7 Å². The summed E-state index contributed by atoms with van der Waals surface area (Å²) in [6.45, 7) is 8.90. The molecule has 0 amide bonds. The molecule has 0 aliphatic heterocycles. The normalized spacial score (nSPS) is 10.8. The predicted octanol–water partition coefficient (Wildman–Crippen LogP) is 2.51. The molecule has 1 rings (SSSR count). The van der Waals surface area contributed by atoms with Crippen LogP contribution in [0.3, 0.4) is 0 Å². The smallest absolute Gasteiger partial charge is 0.339 e. The zero-order valence-electron chi connectivity index (χ0n) is 12.9. The maximum atomic E-state index is 11.1. The van der Waals surface area contributed by atoms with E-state index in [9.17, 15) is 4.79 Å². The lowest BCUT2D eigenvalue weighted by Gasteiger charge is -2.20. The molecule has 5 heteroatoms. The molecule has 0 fully saturated rings. The van der Waals surface area contributed by atoms with Crippen LogP contribution in [0.2, 0.25) is 0 Å². The minimum atomic E-state index is -0.961. The number of ether oxygens (including phenoxy) is 2. The van der Waals surface area contributed by atoms with Crippen molar-refractivity contribution in [2.24, 2.45) is 0 Å². The summed E-state index contributed by atoms with van der Waals surface area (Å²) in [6.07, 6.45) is 0.855. The second-order valence-corrected chi connectivity index (χ2v) is 4.63. The van der Waals surface area contributed by atoms with Crippen molar-refractivity contribution in [1.29, 1.82) is 0 Å². The molecule has 1 aromatic rings. The van der Waals surface area contributed by atoms with Gasteiger partial charge in [0.05, 0.1) is 13.2 Å². The number of hydrogen-bond acceptors (Lipinski definition) is 4. The molecule has 21 heavy (non-hydrogen) atoms. The highest BCUT2D eigenvalue weighted by Gasteiger charge is 2.10. The molecule has 0 aliphatic rings. The topological polar surface area (TPSA) is 59.0 Å². The zero-order chi connectivity index (χ0) is 15.5. The number of carbonyl (C=O) groups is 1. The van der Waals surface area contributed by atoms with Crippen LogP contribution < -0.4 is 4.74 Å². The molecule has 5 nitrogen and oxygen atoms in total. The van der Waals surface area contributed by atoms with Gasteiger partial charge in [0.2, 0.25) is 0 Å². The minimum absolute atomic E-state index is 0.209. The maximum Gasteiger partial charge on any atom is 0.339 e. The van der Waals surface area contributed by atoms with Crippen LogP contribution in [0.1, 0.15) is 30.6 Å². The van der Waals surface area contributed by atoms with Gasteiger partial charge in [-0.3, -0.25) is 0 Å². The highest BCUT2D eigenvalue weighted by molar-refractivity contribution is 5.90. The van der Waals surface area contributed by atoms with Crippen molar-refractivity contribution >= 4 is 5.97 Å². The fraction of sp³-hybridized carbons (Fsp3) is 0.562. The Kier molecular flexibility index (Phi) is 8.47. The van der Waals surface area contributed by atoms with Crippen molar-refractivity contribution in [3.8, 4) is 5.75 Å². The highest BCUT2D eigenvalue weighted by Crippen LogP contribution is 2.17. The molecule has 0 spiro atoms. The number of benzene rings is 1. The Morgan fingerprint density at radius 2 is 1.95 bits per heavy atom. The van der Waals surface area contributed by atoms with E-state index >= 15 is 0 Å². The van der Waals surface area contributed by atoms with Crippen molar-refractivity contribution in [2.45, 2.75) is 20.3 Å². The van der Waals surface area contributed by atoms with Crippen LogP contribution in [0.25, 0.3) is 0 Å². The first-order chi connectivity index (χ1) is 10.2. The van der Waals surface area contributed by atoms with E-state index in [0.717, 1.165) is 39.3 Å². The summed E-state index contributed by atoms with van der Waals surface area (Å²) in [5, 5.41) is 9.07. The SMILES string of the molecule is CCOCCN(CC)CCCOc1ccccc1C(=O)O. The molecular formula is C16H25NO4. The van der Waals surface area contributed by atoms with E-state index in [1.165, 1.54) is 0 Å². The maximum absolute atomic E-state index is 11.1. The van der Waals surface area contributed by atoms with Crippen LogP contribution in [-0.2, 0) is 4.74 Å². The summed E-state index contributed by atoms with van der Waals surface area (Å²) in [5.74, 6) is -0.528. The van der Waals surface area contributed by atoms with Gasteiger partial charge in [-0.2, -0.15) is 0 Å². The van der Waals surface area contributed by atoms with E-state index in [0.29, 0.717) is 12.4 Å². The molecule has 0 radical (unpaired) electrons. The molecule has 0 aromatic heterocycles. The number of carboxylic acid groups (broad SMARTS) is 1. The zero-order valence-corrected chi connectivity index (χ0v) is 12.9. The lowest BCUT2D eigenvalue weighted by molar-refractivity contribution is 0.0691. The number of carboxylic acids is 1. The molecule has 0 heterocycles. The van der Waals surface area contributed by atoms with E-state index in [4.69, 9.17) is 14.6 Å². The van der Waals surface area contributed by atoms with Gasteiger partial charge in [0.15, 0.2) is 0 Å². The number of likely N-dealkylation sites (N-methyl/N-ethyl adjacent to an activating group) is 1. The standard InChI is InChI=1S/C16H25NO4/c1-3-17(11-13-20-4-2)10-7-12-21-15-9-6-5-8-14(15)16(18)19/h5-6,8-9H,3-4,7,10-13H2,1-2H3,(H,18,19). The van der Waals surface area contributed by atoms with Crippen LogP contribution in [-0.4, -0.2) is 55.4 Å². The summed E-state index contributed by atoms with van der Waals surface area (Å²) < 4.78 is 10.9. The van der Waals surface area contributed by atoms with E-state index in [2.05, 4.69) is 11.8 Å². The fourth-order valence-electron chi connectivity index (χ4n) is 2.01. The molecule has 0 aliphatic carbocycles. The number of aromatic carboxylic acids is 1. The molecule has 1 aromatic carbocycles. The quantitative estimate of drug-likeness (QED) is 0.636. The molecular weight excluding hydrogens is 270 g/mol. The van der Waals surface area contributed by atoms with E-state index < -0.39 is 5.97 Å². The Morgan fingerprint density at radius 3 is 2.62 bits per heavy atom. The molecule has 0 saturated carbocycles. The van der Waals surface area contributed by atoms with E-state index in [-0.39, 0.29) is 5.56 Å². The number of rotatable bonds is 11. The molecule has 0 atom stereocenters. The summed E-state index contributed by atoms with van der Waals surface area (Å²) in [7, 11) is 0. The average molecular weight is 295 g/mol. The summed E-state index contributed by atoms with van der Waals surface area (Å²) in [6, 6.07) is 6.72.